The Kier molecular flexibility index (Phi) is 5.26. The second-order valence-corrected chi connectivity index (χ2v) is 6.28. The standard InChI is InChI=1S/C15H19FN2S/c1-12-10-18(7-8-19-12)11-13-4-5-15(16)14(9-13)3-2-6-17/h4-5,9,12H,6-8,10-11,17H2,1H3. The molecule has 0 radical (unpaired) electrons. The Balaban J connectivity index is 2.08. The molecule has 1 aliphatic heterocycles. The molecule has 1 saturated heterocycles. The minimum Gasteiger partial charge on any atom is -0.320 e. The summed E-state index contributed by atoms with van der Waals surface area (Å²) < 4.78 is 13.6. The normalized spacial score (nSPS) is 19.8. The Bertz CT molecular complexity index is 493. The molecule has 2 rings (SSSR count). The first kappa shape index (κ1) is 14.4. The lowest BCUT2D eigenvalue weighted by atomic mass is 10.1. The van der Waals surface area contributed by atoms with E-state index in [1.165, 1.54) is 11.8 Å². The van der Waals surface area contributed by atoms with Gasteiger partial charge >= 0.3 is 0 Å². The number of rotatable bonds is 2. The highest BCUT2D eigenvalue weighted by Crippen LogP contribution is 2.20. The van der Waals surface area contributed by atoms with Crippen molar-refractivity contribution in [2.45, 2.75) is 18.7 Å². The van der Waals surface area contributed by atoms with Crippen LogP contribution in [0.5, 0.6) is 0 Å². The second kappa shape index (κ2) is 6.95. The number of thioether (sulfide) groups is 1. The van der Waals surface area contributed by atoms with E-state index in [1.807, 2.05) is 23.9 Å². The third-order valence-electron chi connectivity index (χ3n) is 3.09. The molecule has 102 valence electrons. The predicted octanol–water partition coefficient (Wildman–Crippen LogP) is 2.07. The highest BCUT2D eigenvalue weighted by molar-refractivity contribution is 7.99. The third kappa shape index (κ3) is 4.24. The summed E-state index contributed by atoms with van der Waals surface area (Å²) in [6.45, 7) is 5.55. The van der Waals surface area contributed by atoms with Crippen LogP contribution in [0.1, 0.15) is 18.1 Å². The molecule has 2 N–H and O–H groups in total. The predicted molar refractivity (Wildman–Crippen MR) is 79.5 cm³/mol. The first-order valence-corrected chi connectivity index (χ1v) is 7.55. The number of hydrogen-bond acceptors (Lipinski definition) is 3. The van der Waals surface area contributed by atoms with Gasteiger partial charge in [0.2, 0.25) is 0 Å². The molecule has 1 heterocycles. The van der Waals surface area contributed by atoms with Crippen molar-refractivity contribution in [2.75, 3.05) is 25.4 Å². The van der Waals surface area contributed by atoms with Gasteiger partial charge in [-0.05, 0) is 17.7 Å². The Morgan fingerprint density at radius 2 is 2.37 bits per heavy atom. The lowest BCUT2D eigenvalue weighted by Gasteiger charge is -2.30. The fourth-order valence-corrected chi connectivity index (χ4v) is 3.29. The zero-order chi connectivity index (χ0) is 13.7. The first-order valence-electron chi connectivity index (χ1n) is 6.50. The molecule has 1 atom stereocenters. The quantitative estimate of drug-likeness (QED) is 0.840. The van der Waals surface area contributed by atoms with E-state index >= 15 is 0 Å². The van der Waals surface area contributed by atoms with Gasteiger partial charge < -0.3 is 5.73 Å². The van der Waals surface area contributed by atoms with Crippen LogP contribution in [-0.2, 0) is 6.54 Å². The van der Waals surface area contributed by atoms with Crippen molar-refractivity contribution in [3.8, 4) is 11.8 Å². The monoisotopic (exact) mass is 278 g/mol. The van der Waals surface area contributed by atoms with Gasteiger partial charge in [0.25, 0.3) is 0 Å². The lowest BCUT2D eigenvalue weighted by Crippen LogP contribution is -2.36. The summed E-state index contributed by atoms with van der Waals surface area (Å²) in [4.78, 5) is 2.41. The molecular formula is C15H19FN2S. The lowest BCUT2D eigenvalue weighted by molar-refractivity contribution is 0.278. The summed E-state index contributed by atoms with van der Waals surface area (Å²) in [6, 6.07) is 5.18. The van der Waals surface area contributed by atoms with Crippen molar-refractivity contribution in [3.05, 3.63) is 35.1 Å². The number of hydrogen-bond donors (Lipinski definition) is 1. The molecule has 0 aromatic heterocycles. The van der Waals surface area contributed by atoms with Gasteiger partial charge in [0.15, 0.2) is 0 Å². The largest absolute Gasteiger partial charge is 0.320 e. The van der Waals surface area contributed by atoms with E-state index in [0.29, 0.717) is 10.8 Å². The Morgan fingerprint density at radius 1 is 1.53 bits per heavy atom. The first-order chi connectivity index (χ1) is 9.19. The highest BCUT2D eigenvalue weighted by Gasteiger charge is 2.16. The Hall–Kier alpha value is -1.02. The van der Waals surface area contributed by atoms with Gasteiger partial charge in [0.05, 0.1) is 12.1 Å². The minimum absolute atomic E-state index is 0.254. The van der Waals surface area contributed by atoms with Crippen LogP contribution >= 0.6 is 11.8 Å². The highest BCUT2D eigenvalue weighted by atomic mass is 32.2. The summed E-state index contributed by atoms with van der Waals surface area (Å²) in [5, 5.41) is 0.672. The topological polar surface area (TPSA) is 29.3 Å². The van der Waals surface area contributed by atoms with E-state index in [-0.39, 0.29) is 12.4 Å². The number of nitrogens with two attached hydrogens (primary N) is 1. The van der Waals surface area contributed by atoms with Crippen LogP contribution < -0.4 is 5.73 Å². The van der Waals surface area contributed by atoms with Crippen molar-refractivity contribution < 1.29 is 4.39 Å². The smallest absolute Gasteiger partial charge is 0.138 e. The molecule has 19 heavy (non-hydrogen) atoms. The van der Waals surface area contributed by atoms with E-state index in [1.54, 1.807) is 0 Å². The van der Waals surface area contributed by atoms with E-state index in [4.69, 9.17) is 5.73 Å². The average molecular weight is 278 g/mol. The van der Waals surface area contributed by atoms with Gasteiger partial charge in [0.1, 0.15) is 5.82 Å². The summed E-state index contributed by atoms with van der Waals surface area (Å²) in [6.07, 6.45) is 0. The van der Waals surface area contributed by atoms with Crippen molar-refractivity contribution >= 4 is 11.8 Å². The summed E-state index contributed by atoms with van der Waals surface area (Å²) in [5.74, 6) is 6.39. The van der Waals surface area contributed by atoms with Crippen LogP contribution in [0.15, 0.2) is 18.2 Å². The van der Waals surface area contributed by atoms with Gasteiger partial charge in [-0.2, -0.15) is 11.8 Å². The van der Waals surface area contributed by atoms with Crippen LogP contribution in [0.2, 0.25) is 0 Å². The molecule has 1 aromatic rings. The van der Waals surface area contributed by atoms with Gasteiger partial charge in [-0.25, -0.2) is 4.39 Å². The molecule has 0 amide bonds. The minimum atomic E-state index is -0.271. The van der Waals surface area contributed by atoms with E-state index < -0.39 is 0 Å². The molecular weight excluding hydrogens is 259 g/mol. The maximum absolute atomic E-state index is 13.6. The molecule has 1 unspecified atom stereocenters. The Morgan fingerprint density at radius 3 is 3.11 bits per heavy atom. The number of halogens is 1. The molecule has 1 aromatic carbocycles. The summed E-state index contributed by atoms with van der Waals surface area (Å²) in [7, 11) is 0. The molecule has 1 fully saturated rings. The van der Waals surface area contributed by atoms with Crippen molar-refractivity contribution in [2.24, 2.45) is 5.73 Å². The zero-order valence-electron chi connectivity index (χ0n) is 11.2. The van der Waals surface area contributed by atoms with Crippen LogP contribution in [0.4, 0.5) is 4.39 Å². The number of benzene rings is 1. The van der Waals surface area contributed by atoms with Gasteiger partial charge in [-0.1, -0.05) is 24.8 Å². The number of nitrogens with zero attached hydrogens (tertiary/aromatic N) is 1. The SMILES string of the molecule is CC1CN(Cc2ccc(F)c(C#CCN)c2)CCS1. The van der Waals surface area contributed by atoms with Crippen LogP contribution in [0.3, 0.4) is 0 Å². The average Bonchev–Trinajstić information content (AvgIpc) is 2.39. The third-order valence-corrected chi connectivity index (χ3v) is 4.22. The molecule has 0 spiro atoms. The summed E-state index contributed by atoms with van der Waals surface area (Å²) in [5.41, 5.74) is 6.88. The molecule has 0 bridgehead atoms. The Labute approximate surface area is 118 Å². The zero-order valence-corrected chi connectivity index (χ0v) is 12.0. The van der Waals surface area contributed by atoms with Gasteiger partial charge in [-0.3, -0.25) is 4.90 Å². The van der Waals surface area contributed by atoms with Gasteiger partial charge in [-0.15, -0.1) is 0 Å². The van der Waals surface area contributed by atoms with Gasteiger partial charge in [0, 0.05) is 30.6 Å². The van der Waals surface area contributed by atoms with Crippen LogP contribution in [0.25, 0.3) is 0 Å². The van der Waals surface area contributed by atoms with Crippen molar-refractivity contribution in [3.63, 3.8) is 0 Å². The molecule has 1 aliphatic rings. The molecule has 2 nitrogen and oxygen atoms in total. The van der Waals surface area contributed by atoms with E-state index in [2.05, 4.69) is 23.7 Å². The van der Waals surface area contributed by atoms with E-state index in [9.17, 15) is 4.39 Å². The molecule has 4 heteroatoms. The molecule has 0 saturated carbocycles. The fraction of sp³-hybridized carbons (Fsp3) is 0.467. The fourth-order valence-electron chi connectivity index (χ4n) is 2.21. The maximum Gasteiger partial charge on any atom is 0.138 e. The van der Waals surface area contributed by atoms with Crippen LogP contribution in [0, 0.1) is 17.7 Å². The summed E-state index contributed by atoms with van der Waals surface area (Å²) >= 11 is 2.01. The second-order valence-electron chi connectivity index (χ2n) is 4.74. The van der Waals surface area contributed by atoms with Crippen molar-refractivity contribution in [1.82, 2.24) is 4.90 Å². The van der Waals surface area contributed by atoms with Crippen molar-refractivity contribution in [1.29, 1.82) is 0 Å². The van der Waals surface area contributed by atoms with Crippen LogP contribution in [-0.4, -0.2) is 35.5 Å². The maximum atomic E-state index is 13.6. The molecule has 0 aliphatic carbocycles. The van der Waals surface area contributed by atoms with E-state index in [0.717, 1.165) is 25.2 Å².